The number of amidine groups is 1. The third-order valence-electron chi connectivity index (χ3n) is 3.75. The second kappa shape index (κ2) is 5.01. The minimum atomic E-state index is -0.0584. The topological polar surface area (TPSA) is 98.6 Å². The zero-order valence-electron chi connectivity index (χ0n) is 10.5. The predicted molar refractivity (Wildman–Crippen MR) is 71.4 cm³/mol. The lowest BCUT2D eigenvalue weighted by Crippen LogP contribution is -2.40. The third kappa shape index (κ3) is 2.42. The molecule has 0 aromatic carbocycles. The van der Waals surface area contributed by atoms with E-state index < -0.39 is 0 Å². The Bertz CT molecular complexity index is 483. The fourth-order valence-electron chi connectivity index (χ4n) is 2.70. The Balaban J connectivity index is 1.76. The van der Waals surface area contributed by atoms with Crippen LogP contribution in [0.15, 0.2) is 11.5 Å². The number of hydrogen-bond donors (Lipinski definition) is 2. The van der Waals surface area contributed by atoms with Crippen molar-refractivity contribution in [1.82, 2.24) is 14.8 Å². The lowest BCUT2D eigenvalue weighted by Gasteiger charge is -2.37. The molecule has 19 heavy (non-hydrogen) atoms. The van der Waals surface area contributed by atoms with E-state index in [0.29, 0.717) is 0 Å². The van der Waals surface area contributed by atoms with Gasteiger partial charge in [-0.25, -0.2) is 9.67 Å². The van der Waals surface area contributed by atoms with Crippen molar-refractivity contribution in [3.8, 4) is 0 Å². The summed E-state index contributed by atoms with van der Waals surface area (Å²) in [7, 11) is 0. The summed E-state index contributed by atoms with van der Waals surface area (Å²) in [5, 5.41) is 15.8. The van der Waals surface area contributed by atoms with Crippen LogP contribution in [0.5, 0.6) is 0 Å². The lowest BCUT2D eigenvalue weighted by molar-refractivity contribution is -0.0778. The van der Waals surface area contributed by atoms with Crippen LogP contribution in [-0.4, -0.2) is 49.5 Å². The molecule has 0 saturated carbocycles. The van der Waals surface area contributed by atoms with Gasteiger partial charge < -0.3 is 15.7 Å². The molecule has 1 spiro atoms. The molecule has 2 unspecified atom stereocenters. The summed E-state index contributed by atoms with van der Waals surface area (Å²) >= 11 is 1.95. The van der Waals surface area contributed by atoms with Crippen LogP contribution >= 0.6 is 11.8 Å². The van der Waals surface area contributed by atoms with Gasteiger partial charge >= 0.3 is 0 Å². The molecule has 2 saturated heterocycles. The minimum Gasteiger partial charge on any atom is -0.409 e. The predicted octanol–water partition coefficient (Wildman–Crippen LogP) is 0.600. The maximum atomic E-state index is 8.63. The highest BCUT2D eigenvalue weighted by Crippen LogP contribution is 2.41. The fraction of sp³-hybridized carbons (Fsp3) is 0.727. The molecule has 1 aromatic rings. The standard InChI is InChI=1S/C11H17N5O2S/c12-9(15-17)10-13-7-16(14-10)8-1-3-18-11(5-8)2-4-19-6-11/h7-8,17H,1-6H2,(H2,12,15). The number of nitrogens with two attached hydrogens (primary N) is 1. The van der Waals surface area contributed by atoms with E-state index in [1.54, 1.807) is 6.33 Å². The lowest BCUT2D eigenvalue weighted by atomic mass is 9.90. The number of hydrogen-bond acceptors (Lipinski definition) is 6. The van der Waals surface area contributed by atoms with Crippen LogP contribution in [-0.2, 0) is 4.74 Å². The number of aromatic nitrogens is 3. The molecule has 3 rings (SSSR count). The van der Waals surface area contributed by atoms with Gasteiger partial charge in [0.1, 0.15) is 6.33 Å². The monoisotopic (exact) mass is 283 g/mol. The van der Waals surface area contributed by atoms with E-state index in [-0.39, 0.29) is 23.3 Å². The van der Waals surface area contributed by atoms with Gasteiger partial charge in [-0.1, -0.05) is 5.16 Å². The number of nitrogens with zero attached hydrogens (tertiary/aromatic N) is 4. The number of ether oxygens (including phenoxy) is 1. The van der Waals surface area contributed by atoms with Crippen LogP contribution < -0.4 is 5.73 Å². The van der Waals surface area contributed by atoms with Crippen molar-refractivity contribution in [3.63, 3.8) is 0 Å². The quantitative estimate of drug-likeness (QED) is 0.357. The zero-order valence-corrected chi connectivity index (χ0v) is 11.3. The van der Waals surface area contributed by atoms with Crippen molar-refractivity contribution in [2.24, 2.45) is 10.9 Å². The van der Waals surface area contributed by atoms with Gasteiger partial charge in [0.2, 0.25) is 11.7 Å². The van der Waals surface area contributed by atoms with Gasteiger partial charge in [0.15, 0.2) is 0 Å². The molecule has 2 atom stereocenters. The second-order valence-electron chi connectivity index (χ2n) is 5.01. The maximum Gasteiger partial charge on any atom is 0.219 e. The van der Waals surface area contributed by atoms with Crippen LogP contribution in [0.1, 0.15) is 31.1 Å². The highest BCUT2D eigenvalue weighted by molar-refractivity contribution is 7.99. The molecule has 0 aliphatic carbocycles. The normalized spacial score (nSPS) is 32.0. The van der Waals surface area contributed by atoms with Crippen molar-refractivity contribution in [2.75, 3.05) is 18.1 Å². The molecule has 104 valence electrons. The highest BCUT2D eigenvalue weighted by atomic mass is 32.2. The Kier molecular flexibility index (Phi) is 3.36. The van der Waals surface area contributed by atoms with Gasteiger partial charge in [0, 0.05) is 12.4 Å². The van der Waals surface area contributed by atoms with E-state index in [9.17, 15) is 0 Å². The van der Waals surface area contributed by atoms with Gasteiger partial charge in [-0.05, 0) is 25.0 Å². The molecular weight excluding hydrogens is 266 g/mol. The minimum absolute atomic E-state index is 0.0102. The summed E-state index contributed by atoms with van der Waals surface area (Å²) < 4.78 is 7.80. The average Bonchev–Trinajstić information content (AvgIpc) is 3.08. The fourth-order valence-corrected chi connectivity index (χ4v) is 4.08. The molecule has 3 N–H and O–H groups in total. The average molecular weight is 283 g/mol. The molecule has 2 aliphatic heterocycles. The van der Waals surface area contributed by atoms with Gasteiger partial charge in [-0.15, -0.1) is 5.10 Å². The van der Waals surface area contributed by atoms with Gasteiger partial charge in [0.05, 0.1) is 11.6 Å². The molecule has 7 nitrogen and oxygen atoms in total. The molecule has 0 amide bonds. The van der Waals surface area contributed by atoms with Crippen molar-refractivity contribution in [3.05, 3.63) is 12.2 Å². The molecule has 1 aromatic heterocycles. The summed E-state index contributed by atoms with van der Waals surface area (Å²) in [5.74, 6) is 2.44. The highest BCUT2D eigenvalue weighted by Gasteiger charge is 2.41. The first kappa shape index (κ1) is 12.7. The van der Waals surface area contributed by atoms with Crippen molar-refractivity contribution < 1.29 is 9.94 Å². The smallest absolute Gasteiger partial charge is 0.219 e. The molecule has 8 heteroatoms. The van der Waals surface area contributed by atoms with Gasteiger partial charge in [-0.2, -0.15) is 11.8 Å². The Morgan fingerprint density at radius 1 is 1.68 bits per heavy atom. The number of thioether (sulfide) groups is 1. The van der Waals surface area contributed by atoms with Crippen LogP contribution in [0.4, 0.5) is 0 Å². The van der Waals surface area contributed by atoms with Gasteiger partial charge in [-0.3, -0.25) is 0 Å². The molecule has 3 heterocycles. The first-order chi connectivity index (χ1) is 9.22. The SMILES string of the molecule is NC(=NO)c1ncn(C2CCOC3(CCSC3)C2)n1. The number of rotatable bonds is 2. The zero-order chi connectivity index (χ0) is 13.3. The Morgan fingerprint density at radius 2 is 2.58 bits per heavy atom. The van der Waals surface area contributed by atoms with E-state index in [1.165, 1.54) is 5.75 Å². The molecule has 2 fully saturated rings. The second-order valence-corrected chi connectivity index (χ2v) is 6.12. The van der Waals surface area contributed by atoms with E-state index in [0.717, 1.165) is 31.6 Å². The Labute approximate surface area is 115 Å². The maximum absolute atomic E-state index is 8.63. The van der Waals surface area contributed by atoms with Crippen molar-refractivity contribution >= 4 is 17.6 Å². The van der Waals surface area contributed by atoms with E-state index >= 15 is 0 Å². The summed E-state index contributed by atoms with van der Waals surface area (Å²) in [5.41, 5.74) is 5.50. The van der Waals surface area contributed by atoms with Crippen LogP contribution in [0, 0.1) is 0 Å². The largest absolute Gasteiger partial charge is 0.409 e. The van der Waals surface area contributed by atoms with Crippen molar-refractivity contribution in [1.29, 1.82) is 0 Å². The summed E-state index contributed by atoms with van der Waals surface area (Å²) in [4.78, 5) is 4.07. The third-order valence-corrected chi connectivity index (χ3v) is 4.98. The number of oxime groups is 1. The van der Waals surface area contributed by atoms with Crippen LogP contribution in [0.2, 0.25) is 0 Å². The van der Waals surface area contributed by atoms with E-state index in [2.05, 4.69) is 15.2 Å². The Hall–Kier alpha value is -1.28. The molecule has 0 radical (unpaired) electrons. The van der Waals surface area contributed by atoms with Gasteiger partial charge in [0.25, 0.3) is 0 Å². The van der Waals surface area contributed by atoms with E-state index in [1.807, 2.05) is 16.4 Å². The van der Waals surface area contributed by atoms with Crippen molar-refractivity contribution in [2.45, 2.75) is 30.9 Å². The van der Waals surface area contributed by atoms with Crippen LogP contribution in [0.3, 0.4) is 0 Å². The van der Waals surface area contributed by atoms with E-state index in [4.69, 9.17) is 15.7 Å². The Morgan fingerprint density at radius 3 is 3.32 bits per heavy atom. The van der Waals surface area contributed by atoms with Crippen LogP contribution in [0.25, 0.3) is 0 Å². The molecule has 0 bridgehead atoms. The summed E-state index contributed by atoms with van der Waals surface area (Å²) in [6.07, 6.45) is 4.64. The first-order valence-electron chi connectivity index (χ1n) is 6.33. The molecular formula is C11H17N5O2S. The first-order valence-corrected chi connectivity index (χ1v) is 7.49. The molecule has 2 aliphatic rings. The summed E-state index contributed by atoms with van der Waals surface area (Å²) in [6.45, 7) is 0.754. The summed E-state index contributed by atoms with van der Waals surface area (Å²) in [6, 6.07) is 0.278.